The van der Waals surface area contributed by atoms with E-state index in [2.05, 4.69) is 55.1 Å². The molecule has 19 heavy (non-hydrogen) atoms. The van der Waals surface area contributed by atoms with Gasteiger partial charge in [-0.2, -0.15) is 0 Å². The largest absolute Gasteiger partial charge is 0.273 e. The van der Waals surface area contributed by atoms with Crippen molar-refractivity contribution in [3.05, 3.63) is 47.1 Å². The molecule has 1 aliphatic heterocycles. The van der Waals surface area contributed by atoms with Crippen LogP contribution in [0.25, 0.3) is 0 Å². The van der Waals surface area contributed by atoms with Gasteiger partial charge in [0.25, 0.3) is 0 Å². The summed E-state index contributed by atoms with van der Waals surface area (Å²) in [5.74, 6) is 0. The normalized spacial score (nSPS) is 30.7. The van der Waals surface area contributed by atoms with E-state index in [1.807, 2.05) is 13.0 Å². The Morgan fingerprint density at radius 3 is 2.79 bits per heavy atom. The number of rotatable bonds is 2. The summed E-state index contributed by atoms with van der Waals surface area (Å²) < 4.78 is 0. The first kappa shape index (κ1) is 15.4. The van der Waals surface area contributed by atoms with Crippen LogP contribution in [0.3, 0.4) is 0 Å². The minimum atomic E-state index is 0.804. The Bertz CT molecular complexity index is 471. The molecule has 0 atom stereocenters. The van der Waals surface area contributed by atoms with E-state index in [1.54, 1.807) is 6.34 Å². The molecule has 0 aromatic heterocycles. The van der Waals surface area contributed by atoms with Gasteiger partial charge in [0.05, 0.1) is 0 Å². The van der Waals surface area contributed by atoms with E-state index in [-0.39, 0.29) is 0 Å². The van der Waals surface area contributed by atoms with E-state index in [4.69, 9.17) is 0 Å². The van der Waals surface area contributed by atoms with Gasteiger partial charge in [0.1, 0.15) is 6.34 Å². The lowest BCUT2D eigenvalue weighted by atomic mass is 9.96. The number of nitrogens with zero attached hydrogens (tertiary/aromatic N) is 2. The highest BCUT2D eigenvalue weighted by molar-refractivity contribution is 5.97. The third-order valence-electron chi connectivity index (χ3n) is 3.14. The zero-order valence-electron chi connectivity index (χ0n) is 12.5. The maximum atomic E-state index is 4.35. The second-order valence-corrected chi connectivity index (χ2v) is 4.62. The topological polar surface area (TPSA) is 24.7 Å². The van der Waals surface area contributed by atoms with Crippen LogP contribution < -0.4 is 0 Å². The smallest absolute Gasteiger partial charge is 0.110 e. The summed E-state index contributed by atoms with van der Waals surface area (Å²) in [6, 6.07) is 0. The number of allylic oxidation sites excluding steroid dienone is 7. The number of hydrogen-bond donors (Lipinski definition) is 0. The summed E-state index contributed by atoms with van der Waals surface area (Å²) in [5.41, 5.74) is 5.07. The molecule has 0 aromatic rings. The fourth-order valence-corrected chi connectivity index (χ4v) is 2.05. The lowest BCUT2D eigenvalue weighted by molar-refractivity contribution is 0.884. The van der Waals surface area contributed by atoms with Gasteiger partial charge in [-0.25, -0.2) is 4.99 Å². The zero-order valence-corrected chi connectivity index (χ0v) is 12.5. The molecule has 2 nitrogen and oxygen atoms in total. The number of aliphatic imine (C=N–C) groups is 2. The molecule has 0 spiro atoms. The Morgan fingerprint density at radius 2 is 2.11 bits per heavy atom. The Kier molecular flexibility index (Phi) is 6.80. The molecule has 0 saturated carbocycles. The predicted octanol–water partition coefficient (Wildman–Crippen LogP) is 4.66. The van der Waals surface area contributed by atoms with Crippen LogP contribution in [0.1, 0.15) is 40.5 Å². The van der Waals surface area contributed by atoms with Crippen LogP contribution in [-0.4, -0.2) is 18.6 Å². The van der Waals surface area contributed by atoms with Gasteiger partial charge in [0, 0.05) is 12.3 Å². The van der Waals surface area contributed by atoms with Crippen molar-refractivity contribution in [3.63, 3.8) is 0 Å². The molecular weight excluding hydrogens is 232 g/mol. The van der Waals surface area contributed by atoms with E-state index in [0.717, 1.165) is 25.1 Å². The van der Waals surface area contributed by atoms with Crippen molar-refractivity contribution < 1.29 is 0 Å². The first-order valence-electron chi connectivity index (χ1n) is 6.91. The van der Waals surface area contributed by atoms with Gasteiger partial charge in [-0.15, -0.1) is 0 Å². The van der Waals surface area contributed by atoms with Crippen LogP contribution in [-0.2, 0) is 0 Å². The fraction of sp³-hybridized carbons (Fsp3) is 0.412. The van der Waals surface area contributed by atoms with Crippen LogP contribution >= 0.6 is 0 Å². The van der Waals surface area contributed by atoms with Crippen molar-refractivity contribution in [3.8, 4) is 0 Å². The molecule has 0 radical (unpaired) electrons. The first-order chi connectivity index (χ1) is 9.19. The minimum absolute atomic E-state index is 0.804. The summed E-state index contributed by atoms with van der Waals surface area (Å²) in [6.07, 6.45) is 14.3. The molecule has 0 fully saturated rings. The van der Waals surface area contributed by atoms with Crippen molar-refractivity contribution in [1.29, 1.82) is 0 Å². The van der Waals surface area contributed by atoms with Crippen molar-refractivity contribution >= 4 is 12.1 Å². The molecule has 1 heterocycles. The molecule has 0 amide bonds. The molecule has 2 heteroatoms. The molecule has 102 valence electrons. The third-order valence-corrected chi connectivity index (χ3v) is 3.14. The maximum absolute atomic E-state index is 4.35. The highest BCUT2D eigenvalue weighted by Gasteiger charge is 2.04. The van der Waals surface area contributed by atoms with Crippen LogP contribution in [0.4, 0.5) is 0 Å². The third kappa shape index (κ3) is 5.21. The molecule has 0 N–H and O–H groups in total. The van der Waals surface area contributed by atoms with Gasteiger partial charge in [0.2, 0.25) is 0 Å². The van der Waals surface area contributed by atoms with E-state index < -0.39 is 0 Å². The van der Waals surface area contributed by atoms with Crippen LogP contribution in [0.5, 0.6) is 0 Å². The second-order valence-electron chi connectivity index (χ2n) is 4.62. The molecular formula is C17H24N2. The Morgan fingerprint density at radius 1 is 1.32 bits per heavy atom. The highest BCUT2D eigenvalue weighted by Crippen LogP contribution is 2.22. The SMILES string of the molecule is C\C=C/C1=C(\CC)CC/N=C\N=C(C)\C=C\C=C\1C. The van der Waals surface area contributed by atoms with E-state index >= 15 is 0 Å². The van der Waals surface area contributed by atoms with Gasteiger partial charge in [-0.05, 0) is 50.8 Å². The van der Waals surface area contributed by atoms with Gasteiger partial charge in [-0.1, -0.05) is 36.8 Å². The summed E-state index contributed by atoms with van der Waals surface area (Å²) in [5, 5.41) is 0. The molecule has 1 rings (SSSR count). The fourth-order valence-electron chi connectivity index (χ4n) is 2.05. The van der Waals surface area contributed by atoms with Gasteiger partial charge in [0.15, 0.2) is 0 Å². The molecule has 0 aliphatic carbocycles. The minimum Gasteiger partial charge on any atom is -0.273 e. The van der Waals surface area contributed by atoms with Gasteiger partial charge >= 0.3 is 0 Å². The molecule has 0 bridgehead atoms. The van der Waals surface area contributed by atoms with Crippen molar-refractivity contribution in [2.75, 3.05) is 6.54 Å². The molecule has 0 saturated heterocycles. The van der Waals surface area contributed by atoms with Crippen LogP contribution in [0.15, 0.2) is 57.1 Å². The zero-order chi connectivity index (χ0) is 14.1. The quantitative estimate of drug-likeness (QED) is 0.686. The summed E-state index contributed by atoms with van der Waals surface area (Å²) in [7, 11) is 0. The predicted molar refractivity (Wildman–Crippen MR) is 86.1 cm³/mol. The van der Waals surface area contributed by atoms with Crippen molar-refractivity contribution in [1.82, 2.24) is 0 Å². The first-order valence-corrected chi connectivity index (χ1v) is 6.91. The summed E-state index contributed by atoms with van der Waals surface area (Å²) in [4.78, 5) is 8.62. The van der Waals surface area contributed by atoms with Crippen LogP contribution in [0, 0.1) is 0 Å². The summed E-state index contributed by atoms with van der Waals surface area (Å²) in [6.45, 7) is 9.22. The number of hydrogen-bond acceptors (Lipinski definition) is 2. The lowest BCUT2D eigenvalue weighted by Crippen LogP contribution is -1.95. The standard InChI is InChI=1S/C17H24N2/c1-5-8-17-14(3)9-7-10-15(4)19-13-18-12-11-16(17)6-2/h5,7-10,13H,6,11-12H2,1-4H3/b8-5-,10-7+,14-9+,17-16-,18-13-,19-15+. The monoisotopic (exact) mass is 256 g/mol. The maximum Gasteiger partial charge on any atom is 0.110 e. The average Bonchev–Trinajstić information content (AvgIpc) is 2.39. The van der Waals surface area contributed by atoms with E-state index in [1.165, 1.54) is 16.7 Å². The lowest BCUT2D eigenvalue weighted by Gasteiger charge is -2.11. The van der Waals surface area contributed by atoms with Gasteiger partial charge in [-0.3, -0.25) is 4.99 Å². The van der Waals surface area contributed by atoms with Crippen LogP contribution in [0.2, 0.25) is 0 Å². The highest BCUT2D eigenvalue weighted by atomic mass is 14.9. The molecule has 0 unspecified atom stereocenters. The van der Waals surface area contributed by atoms with E-state index in [0.29, 0.717) is 0 Å². The Hall–Kier alpha value is -1.70. The average molecular weight is 256 g/mol. The molecule has 0 aromatic carbocycles. The van der Waals surface area contributed by atoms with E-state index in [9.17, 15) is 0 Å². The van der Waals surface area contributed by atoms with Crippen molar-refractivity contribution in [2.45, 2.75) is 40.5 Å². The second kappa shape index (κ2) is 8.41. The molecule has 1 aliphatic rings. The Labute approximate surface area is 117 Å². The summed E-state index contributed by atoms with van der Waals surface area (Å²) >= 11 is 0. The van der Waals surface area contributed by atoms with Crippen molar-refractivity contribution in [2.24, 2.45) is 9.98 Å². The Balaban J connectivity index is 3.21. The van der Waals surface area contributed by atoms with Gasteiger partial charge < -0.3 is 0 Å².